The van der Waals surface area contributed by atoms with E-state index in [1.54, 1.807) is 23.3 Å². The molecule has 0 radical (unpaired) electrons. The van der Waals surface area contributed by atoms with Crippen LogP contribution in [-0.4, -0.2) is 53.9 Å². The van der Waals surface area contributed by atoms with E-state index < -0.39 is 5.91 Å². The van der Waals surface area contributed by atoms with E-state index in [0.29, 0.717) is 18.8 Å². The Hall–Kier alpha value is -2.77. The SMILES string of the molecule is O=C(C=Cc1ccccc1N1CCN(C(=O)CSc2ccccc2)CC1)NO. The summed E-state index contributed by atoms with van der Waals surface area (Å²) in [4.78, 5) is 29.0. The van der Waals surface area contributed by atoms with E-state index in [0.717, 1.165) is 29.2 Å². The highest BCUT2D eigenvalue weighted by Gasteiger charge is 2.22. The number of para-hydroxylation sites is 1. The summed E-state index contributed by atoms with van der Waals surface area (Å²) < 4.78 is 0. The van der Waals surface area contributed by atoms with Gasteiger partial charge in [-0.1, -0.05) is 36.4 Å². The van der Waals surface area contributed by atoms with Crippen LogP contribution in [0.25, 0.3) is 6.08 Å². The van der Waals surface area contributed by atoms with Crippen LogP contribution in [0, 0.1) is 0 Å². The number of piperazine rings is 1. The van der Waals surface area contributed by atoms with E-state index in [4.69, 9.17) is 5.21 Å². The highest BCUT2D eigenvalue weighted by Crippen LogP contribution is 2.24. The Morgan fingerprint density at radius 3 is 2.39 bits per heavy atom. The van der Waals surface area contributed by atoms with Crippen LogP contribution < -0.4 is 10.4 Å². The molecule has 1 saturated heterocycles. The predicted molar refractivity (Wildman–Crippen MR) is 111 cm³/mol. The van der Waals surface area contributed by atoms with Gasteiger partial charge in [-0.3, -0.25) is 14.8 Å². The van der Waals surface area contributed by atoms with Crippen molar-refractivity contribution in [3.05, 3.63) is 66.2 Å². The van der Waals surface area contributed by atoms with Gasteiger partial charge in [0.15, 0.2) is 0 Å². The van der Waals surface area contributed by atoms with E-state index >= 15 is 0 Å². The molecular weight excluding hydrogens is 374 g/mol. The van der Waals surface area contributed by atoms with Crippen LogP contribution in [-0.2, 0) is 9.59 Å². The molecule has 0 bridgehead atoms. The number of nitrogens with zero attached hydrogens (tertiary/aromatic N) is 2. The van der Waals surface area contributed by atoms with Crippen molar-refractivity contribution >= 4 is 35.3 Å². The first-order valence-electron chi connectivity index (χ1n) is 9.09. The van der Waals surface area contributed by atoms with Crippen molar-refractivity contribution in [3.63, 3.8) is 0 Å². The third-order valence-corrected chi connectivity index (χ3v) is 5.54. The summed E-state index contributed by atoms with van der Waals surface area (Å²) in [5.74, 6) is 0.0296. The van der Waals surface area contributed by atoms with Gasteiger partial charge in [0.1, 0.15) is 0 Å². The van der Waals surface area contributed by atoms with Crippen molar-refractivity contribution in [2.45, 2.75) is 4.90 Å². The zero-order valence-corrected chi connectivity index (χ0v) is 16.3. The van der Waals surface area contributed by atoms with Gasteiger partial charge < -0.3 is 9.80 Å². The molecule has 146 valence electrons. The van der Waals surface area contributed by atoms with E-state index in [1.165, 1.54) is 6.08 Å². The zero-order chi connectivity index (χ0) is 19.8. The number of hydroxylamine groups is 1. The summed E-state index contributed by atoms with van der Waals surface area (Å²) in [5, 5.41) is 8.63. The first-order valence-corrected chi connectivity index (χ1v) is 10.1. The van der Waals surface area contributed by atoms with Gasteiger partial charge in [0.25, 0.3) is 5.91 Å². The molecule has 3 rings (SSSR count). The molecule has 0 spiro atoms. The average molecular weight is 398 g/mol. The second kappa shape index (κ2) is 9.96. The topological polar surface area (TPSA) is 72.9 Å². The van der Waals surface area contributed by atoms with E-state index in [2.05, 4.69) is 4.90 Å². The summed E-state index contributed by atoms with van der Waals surface area (Å²) in [7, 11) is 0. The second-order valence-electron chi connectivity index (χ2n) is 6.34. The van der Waals surface area contributed by atoms with Crippen LogP contribution >= 0.6 is 11.8 Å². The van der Waals surface area contributed by atoms with Crippen molar-refractivity contribution in [3.8, 4) is 0 Å². The molecule has 0 atom stereocenters. The minimum Gasteiger partial charge on any atom is -0.367 e. The number of hydrogen-bond donors (Lipinski definition) is 2. The highest BCUT2D eigenvalue weighted by molar-refractivity contribution is 8.00. The zero-order valence-electron chi connectivity index (χ0n) is 15.5. The molecule has 2 N–H and O–H groups in total. The molecule has 2 aromatic rings. The minimum atomic E-state index is -0.568. The maximum absolute atomic E-state index is 12.5. The van der Waals surface area contributed by atoms with Gasteiger partial charge >= 0.3 is 0 Å². The van der Waals surface area contributed by atoms with E-state index in [1.807, 2.05) is 59.5 Å². The average Bonchev–Trinajstić information content (AvgIpc) is 2.77. The Balaban J connectivity index is 1.56. The van der Waals surface area contributed by atoms with Crippen LogP contribution in [0.4, 0.5) is 5.69 Å². The van der Waals surface area contributed by atoms with Crippen LogP contribution in [0.15, 0.2) is 65.6 Å². The third-order valence-electron chi connectivity index (χ3n) is 4.54. The standard InChI is InChI=1S/C21H23N3O3S/c25-20(22-27)11-10-17-6-4-5-9-19(17)23-12-14-24(15-13-23)21(26)16-28-18-7-2-1-3-8-18/h1-11,27H,12-16H2,(H,22,25). The lowest BCUT2D eigenvalue weighted by atomic mass is 10.1. The smallest absolute Gasteiger partial charge is 0.267 e. The summed E-state index contributed by atoms with van der Waals surface area (Å²) in [6.45, 7) is 2.81. The summed E-state index contributed by atoms with van der Waals surface area (Å²) in [6, 6.07) is 17.7. The van der Waals surface area contributed by atoms with Gasteiger partial charge in [-0.05, 0) is 29.8 Å². The molecule has 2 aromatic carbocycles. The first kappa shape index (κ1) is 20.0. The fourth-order valence-electron chi connectivity index (χ4n) is 3.07. The monoisotopic (exact) mass is 397 g/mol. The van der Waals surface area contributed by atoms with Gasteiger partial charge in [-0.25, -0.2) is 5.48 Å². The molecule has 0 aliphatic carbocycles. The first-order chi connectivity index (χ1) is 13.7. The third kappa shape index (κ3) is 5.37. The van der Waals surface area contributed by atoms with Crippen LogP contribution in [0.3, 0.4) is 0 Å². The quantitative estimate of drug-likeness (QED) is 0.339. The van der Waals surface area contributed by atoms with Crippen LogP contribution in [0.5, 0.6) is 0 Å². The number of carbonyl (C=O) groups excluding carboxylic acids is 2. The Morgan fingerprint density at radius 1 is 1.00 bits per heavy atom. The Kier molecular flexibility index (Phi) is 7.11. The molecule has 7 heteroatoms. The lowest BCUT2D eigenvalue weighted by molar-refractivity contribution is -0.128. The molecule has 0 aromatic heterocycles. The number of thioether (sulfide) groups is 1. The van der Waals surface area contributed by atoms with Crippen molar-refractivity contribution < 1.29 is 14.8 Å². The van der Waals surface area contributed by atoms with Gasteiger partial charge in [-0.2, -0.15) is 0 Å². The van der Waals surface area contributed by atoms with Gasteiger partial charge in [0, 0.05) is 42.8 Å². The van der Waals surface area contributed by atoms with Gasteiger partial charge in [0.05, 0.1) is 5.75 Å². The molecular formula is C21H23N3O3S. The van der Waals surface area contributed by atoms with E-state index in [-0.39, 0.29) is 5.91 Å². The van der Waals surface area contributed by atoms with Crippen LogP contribution in [0.2, 0.25) is 0 Å². The maximum atomic E-state index is 12.5. The molecule has 28 heavy (non-hydrogen) atoms. The van der Waals surface area contributed by atoms with Crippen molar-refractivity contribution in [1.29, 1.82) is 0 Å². The lowest BCUT2D eigenvalue weighted by Crippen LogP contribution is -2.49. The molecule has 2 amide bonds. The molecule has 1 aliphatic rings. The largest absolute Gasteiger partial charge is 0.367 e. The number of amides is 2. The van der Waals surface area contributed by atoms with Crippen LogP contribution in [0.1, 0.15) is 5.56 Å². The van der Waals surface area contributed by atoms with Crippen molar-refractivity contribution in [2.24, 2.45) is 0 Å². The second-order valence-corrected chi connectivity index (χ2v) is 7.39. The maximum Gasteiger partial charge on any atom is 0.267 e. The van der Waals surface area contributed by atoms with Crippen molar-refractivity contribution in [2.75, 3.05) is 36.8 Å². The molecule has 1 aliphatic heterocycles. The summed E-state index contributed by atoms with van der Waals surface area (Å²) >= 11 is 1.56. The summed E-state index contributed by atoms with van der Waals surface area (Å²) in [5.41, 5.74) is 3.49. The molecule has 1 fully saturated rings. The Bertz CT molecular complexity index is 834. The van der Waals surface area contributed by atoms with Gasteiger partial charge in [0.2, 0.25) is 5.91 Å². The number of hydrogen-bond acceptors (Lipinski definition) is 5. The number of rotatable bonds is 6. The molecule has 0 saturated carbocycles. The number of nitrogens with one attached hydrogen (secondary N) is 1. The number of anilines is 1. The fourth-order valence-corrected chi connectivity index (χ4v) is 3.89. The normalized spacial score (nSPS) is 14.3. The lowest BCUT2D eigenvalue weighted by Gasteiger charge is -2.36. The minimum absolute atomic E-state index is 0.154. The molecule has 6 nitrogen and oxygen atoms in total. The van der Waals surface area contributed by atoms with E-state index in [9.17, 15) is 9.59 Å². The fraction of sp³-hybridized carbons (Fsp3) is 0.238. The summed E-state index contributed by atoms with van der Waals surface area (Å²) in [6.07, 6.45) is 2.97. The highest BCUT2D eigenvalue weighted by atomic mass is 32.2. The number of carbonyl (C=O) groups is 2. The molecule has 0 unspecified atom stereocenters. The Morgan fingerprint density at radius 2 is 1.68 bits per heavy atom. The Labute approximate surface area is 168 Å². The van der Waals surface area contributed by atoms with Crippen molar-refractivity contribution in [1.82, 2.24) is 10.4 Å². The predicted octanol–water partition coefficient (Wildman–Crippen LogP) is 2.65. The van der Waals surface area contributed by atoms with Gasteiger partial charge in [-0.15, -0.1) is 11.8 Å². The number of benzene rings is 2. The molecule has 1 heterocycles.